The molecule has 0 aromatic heterocycles. The average molecular weight is 336 g/mol. The number of carboxylic acid groups (broad SMARTS) is 1. The fourth-order valence-corrected chi connectivity index (χ4v) is 2.86. The van der Waals surface area contributed by atoms with E-state index in [1.807, 2.05) is 30.0 Å². The Morgan fingerprint density at radius 1 is 1.25 bits per heavy atom. The highest BCUT2D eigenvalue weighted by Crippen LogP contribution is 2.33. The Morgan fingerprint density at radius 3 is 2.62 bits per heavy atom. The number of carbonyl (C=O) groups is 1. The van der Waals surface area contributed by atoms with E-state index in [-0.39, 0.29) is 0 Å². The first kappa shape index (κ1) is 18.5. The zero-order valence-electron chi connectivity index (χ0n) is 14.6. The van der Waals surface area contributed by atoms with Crippen LogP contribution in [0.1, 0.15) is 38.3 Å². The Morgan fingerprint density at radius 2 is 2.00 bits per heavy atom. The Bertz CT molecular complexity index is 530. The number of nitrogens with one attached hydrogen (secondary N) is 1. The van der Waals surface area contributed by atoms with Gasteiger partial charge in [-0.3, -0.25) is 9.69 Å². The first-order valence-corrected chi connectivity index (χ1v) is 8.74. The Labute approximate surface area is 143 Å². The summed E-state index contributed by atoms with van der Waals surface area (Å²) in [6.07, 6.45) is 2.04. The van der Waals surface area contributed by atoms with Crippen molar-refractivity contribution in [3.8, 4) is 11.5 Å². The largest absolute Gasteiger partial charge is 0.490 e. The van der Waals surface area contributed by atoms with E-state index < -0.39 is 12.0 Å². The molecule has 0 spiro atoms. The van der Waals surface area contributed by atoms with E-state index in [0.29, 0.717) is 24.7 Å². The molecule has 2 N–H and O–H groups in total. The minimum absolute atomic E-state index is 0.513. The molecule has 0 radical (unpaired) electrons. The second-order valence-corrected chi connectivity index (χ2v) is 5.87. The van der Waals surface area contributed by atoms with Crippen LogP contribution in [-0.2, 0) is 4.79 Å². The molecule has 1 saturated heterocycles. The molecule has 6 nitrogen and oxygen atoms in total. The molecule has 0 saturated carbocycles. The summed E-state index contributed by atoms with van der Waals surface area (Å²) in [5.74, 6) is 0.463. The summed E-state index contributed by atoms with van der Waals surface area (Å²) in [5, 5.41) is 13.0. The molecule has 1 aromatic carbocycles. The maximum Gasteiger partial charge on any atom is 0.325 e. The van der Waals surface area contributed by atoms with E-state index >= 15 is 0 Å². The highest BCUT2D eigenvalue weighted by Gasteiger charge is 2.29. The Balaban J connectivity index is 2.23. The zero-order chi connectivity index (χ0) is 17.4. The first-order valence-electron chi connectivity index (χ1n) is 8.74. The van der Waals surface area contributed by atoms with Crippen LogP contribution in [-0.4, -0.2) is 55.4 Å². The van der Waals surface area contributed by atoms with E-state index in [1.54, 1.807) is 0 Å². The molecule has 1 unspecified atom stereocenters. The van der Waals surface area contributed by atoms with Crippen molar-refractivity contribution in [3.05, 3.63) is 23.8 Å². The van der Waals surface area contributed by atoms with Crippen LogP contribution in [0, 0.1) is 0 Å². The van der Waals surface area contributed by atoms with Crippen LogP contribution < -0.4 is 14.8 Å². The molecular formula is C18H28N2O4. The van der Waals surface area contributed by atoms with Crippen LogP contribution >= 0.6 is 0 Å². The fraction of sp³-hybridized carbons (Fsp3) is 0.611. The van der Waals surface area contributed by atoms with E-state index in [9.17, 15) is 9.90 Å². The van der Waals surface area contributed by atoms with Crippen molar-refractivity contribution < 1.29 is 19.4 Å². The molecular weight excluding hydrogens is 308 g/mol. The quantitative estimate of drug-likeness (QED) is 0.674. The van der Waals surface area contributed by atoms with Crippen LogP contribution in [0.4, 0.5) is 0 Å². The molecule has 0 amide bonds. The number of benzene rings is 1. The first-order chi connectivity index (χ1) is 11.7. The van der Waals surface area contributed by atoms with Gasteiger partial charge >= 0.3 is 5.97 Å². The van der Waals surface area contributed by atoms with Crippen molar-refractivity contribution in [2.24, 2.45) is 0 Å². The molecule has 0 aliphatic carbocycles. The summed E-state index contributed by atoms with van der Waals surface area (Å²) < 4.78 is 11.5. The Hall–Kier alpha value is -1.79. The predicted octanol–water partition coefficient (Wildman–Crippen LogP) is 2.30. The molecule has 1 aromatic rings. The van der Waals surface area contributed by atoms with E-state index in [2.05, 4.69) is 12.2 Å². The number of unbranched alkanes of at least 4 members (excludes halogenated alkanes) is 1. The minimum Gasteiger partial charge on any atom is -0.490 e. The molecule has 6 heteroatoms. The van der Waals surface area contributed by atoms with E-state index in [4.69, 9.17) is 9.47 Å². The van der Waals surface area contributed by atoms with Gasteiger partial charge in [0.05, 0.1) is 13.2 Å². The van der Waals surface area contributed by atoms with Crippen LogP contribution in [0.2, 0.25) is 0 Å². The van der Waals surface area contributed by atoms with Gasteiger partial charge in [-0.25, -0.2) is 0 Å². The third kappa shape index (κ3) is 4.85. The summed E-state index contributed by atoms with van der Waals surface area (Å²) in [7, 11) is 0. The smallest absolute Gasteiger partial charge is 0.325 e. The molecule has 2 rings (SSSR count). The monoisotopic (exact) mass is 336 g/mol. The standard InChI is InChI=1S/C18H28N2O4/c1-3-5-12-24-15-7-6-14(13-16(15)23-4-2)17(18(21)22)20-10-8-19-9-11-20/h6-7,13,17,19H,3-5,8-12H2,1-2H3,(H,21,22). The molecule has 134 valence electrons. The minimum atomic E-state index is -0.834. The number of aliphatic carboxylic acids is 1. The van der Waals surface area contributed by atoms with Crippen molar-refractivity contribution in [1.29, 1.82) is 0 Å². The highest BCUT2D eigenvalue weighted by molar-refractivity contribution is 5.76. The van der Waals surface area contributed by atoms with Gasteiger partial charge in [0, 0.05) is 26.2 Å². The number of piperazine rings is 1. The molecule has 1 atom stereocenters. The van der Waals surface area contributed by atoms with Crippen LogP contribution in [0.5, 0.6) is 11.5 Å². The zero-order valence-corrected chi connectivity index (χ0v) is 14.6. The third-order valence-corrected chi connectivity index (χ3v) is 4.09. The summed E-state index contributed by atoms with van der Waals surface area (Å²) in [4.78, 5) is 13.8. The summed E-state index contributed by atoms with van der Waals surface area (Å²) in [6.45, 7) is 8.22. The molecule has 1 fully saturated rings. The predicted molar refractivity (Wildman–Crippen MR) is 92.8 cm³/mol. The van der Waals surface area contributed by atoms with Crippen LogP contribution in [0.3, 0.4) is 0 Å². The van der Waals surface area contributed by atoms with Crippen molar-refractivity contribution in [2.45, 2.75) is 32.7 Å². The lowest BCUT2D eigenvalue weighted by Crippen LogP contribution is -2.47. The second-order valence-electron chi connectivity index (χ2n) is 5.87. The number of ether oxygens (including phenoxy) is 2. The van der Waals surface area contributed by atoms with Crippen molar-refractivity contribution in [1.82, 2.24) is 10.2 Å². The van der Waals surface area contributed by atoms with Gasteiger partial charge in [-0.05, 0) is 31.0 Å². The van der Waals surface area contributed by atoms with Gasteiger partial charge in [-0.2, -0.15) is 0 Å². The summed E-state index contributed by atoms with van der Waals surface area (Å²) >= 11 is 0. The lowest BCUT2D eigenvalue weighted by Gasteiger charge is -2.32. The van der Waals surface area contributed by atoms with Crippen molar-refractivity contribution in [2.75, 3.05) is 39.4 Å². The fourth-order valence-electron chi connectivity index (χ4n) is 2.86. The SMILES string of the molecule is CCCCOc1ccc(C(C(=O)O)N2CCNCC2)cc1OCC. The van der Waals surface area contributed by atoms with Crippen molar-refractivity contribution in [3.63, 3.8) is 0 Å². The normalized spacial score (nSPS) is 16.6. The average Bonchev–Trinajstić information content (AvgIpc) is 2.58. The summed E-state index contributed by atoms with van der Waals surface area (Å²) in [5.41, 5.74) is 0.732. The van der Waals surface area contributed by atoms with Gasteiger partial charge in [0.2, 0.25) is 0 Å². The van der Waals surface area contributed by atoms with Crippen LogP contribution in [0.15, 0.2) is 18.2 Å². The molecule has 1 aliphatic rings. The molecule has 0 bridgehead atoms. The topological polar surface area (TPSA) is 71.0 Å². The lowest BCUT2D eigenvalue weighted by atomic mass is 10.0. The summed E-state index contributed by atoms with van der Waals surface area (Å²) in [6, 6.07) is 4.82. The van der Waals surface area contributed by atoms with Gasteiger partial charge in [-0.15, -0.1) is 0 Å². The van der Waals surface area contributed by atoms with Gasteiger partial charge in [-0.1, -0.05) is 19.4 Å². The highest BCUT2D eigenvalue weighted by atomic mass is 16.5. The van der Waals surface area contributed by atoms with E-state index in [0.717, 1.165) is 44.6 Å². The van der Waals surface area contributed by atoms with Crippen LogP contribution in [0.25, 0.3) is 0 Å². The number of nitrogens with zero attached hydrogens (tertiary/aromatic N) is 1. The number of rotatable bonds is 9. The number of hydrogen-bond acceptors (Lipinski definition) is 5. The number of hydrogen-bond donors (Lipinski definition) is 2. The lowest BCUT2D eigenvalue weighted by molar-refractivity contribution is -0.143. The van der Waals surface area contributed by atoms with Crippen molar-refractivity contribution >= 4 is 5.97 Å². The third-order valence-electron chi connectivity index (χ3n) is 4.09. The number of carboxylic acids is 1. The van der Waals surface area contributed by atoms with Gasteiger partial charge in [0.25, 0.3) is 0 Å². The maximum atomic E-state index is 11.8. The Kier molecular flexibility index (Phi) is 7.34. The van der Waals surface area contributed by atoms with E-state index in [1.165, 1.54) is 0 Å². The molecule has 1 aliphatic heterocycles. The second kappa shape index (κ2) is 9.49. The maximum absolute atomic E-state index is 11.8. The van der Waals surface area contributed by atoms with Gasteiger partial charge in [0.1, 0.15) is 6.04 Å². The van der Waals surface area contributed by atoms with Gasteiger partial charge in [0.15, 0.2) is 11.5 Å². The van der Waals surface area contributed by atoms with Gasteiger partial charge < -0.3 is 19.9 Å². The molecule has 1 heterocycles. The molecule has 24 heavy (non-hydrogen) atoms.